The molecule has 0 radical (unpaired) electrons. The van der Waals surface area contributed by atoms with Gasteiger partial charge in [-0.15, -0.1) is 0 Å². The van der Waals surface area contributed by atoms with Gasteiger partial charge in [0, 0.05) is 38.4 Å². The first kappa shape index (κ1) is 16.9. The van der Waals surface area contributed by atoms with E-state index in [0.29, 0.717) is 5.82 Å². The number of likely N-dealkylation sites (tertiary alicyclic amines) is 1. The number of hydrogen-bond donors (Lipinski definition) is 1. The first-order valence-electron chi connectivity index (χ1n) is 8.22. The summed E-state index contributed by atoms with van der Waals surface area (Å²) in [5.41, 5.74) is 1.80. The number of rotatable bonds is 5. The third kappa shape index (κ3) is 3.96. The molecule has 2 heterocycles. The Bertz CT molecular complexity index is 748. The van der Waals surface area contributed by atoms with Crippen molar-refractivity contribution < 1.29 is 14.1 Å². The highest BCUT2D eigenvalue weighted by Gasteiger charge is 2.21. The van der Waals surface area contributed by atoms with E-state index in [0.717, 1.165) is 37.2 Å². The minimum absolute atomic E-state index is 0.0614. The molecule has 2 amide bonds. The smallest absolute Gasteiger partial charge is 0.316 e. The number of benzene rings is 1. The molecule has 0 saturated carbocycles. The Morgan fingerprint density at radius 2 is 1.88 bits per heavy atom. The molecule has 3 rings (SSSR count). The molecule has 8 nitrogen and oxygen atoms in total. The van der Waals surface area contributed by atoms with E-state index in [1.807, 2.05) is 43.3 Å². The van der Waals surface area contributed by atoms with Crippen LogP contribution >= 0.6 is 0 Å². The number of hydrogen-bond acceptors (Lipinski definition) is 6. The molecule has 0 bridgehead atoms. The van der Waals surface area contributed by atoms with E-state index < -0.39 is 5.91 Å². The summed E-state index contributed by atoms with van der Waals surface area (Å²) in [5.74, 6) is -0.455. The van der Waals surface area contributed by atoms with Crippen molar-refractivity contribution in [3.8, 4) is 11.4 Å². The number of carbonyl (C=O) groups is 2. The molecular weight excluding hydrogens is 322 g/mol. The molecule has 0 atom stereocenters. The van der Waals surface area contributed by atoms with Gasteiger partial charge >= 0.3 is 11.8 Å². The average Bonchev–Trinajstić information content (AvgIpc) is 3.31. The van der Waals surface area contributed by atoms with E-state index in [1.54, 1.807) is 4.90 Å². The van der Waals surface area contributed by atoms with Crippen molar-refractivity contribution in [3.05, 3.63) is 30.2 Å². The van der Waals surface area contributed by atoms with Crippen molar-refractivity contribution in [1.29, 1.82) is 0 Å². The fourth-order valence-corrected chi connectivity index (χ4v) is 2.65. The number of aromatic nitrogens is 2. The fourth-order valence-electron chi connectivity index (χ4n) is 2.65. The number of carbonyl (C=O) groups excluding carboxylic acids is 2. The predicted octanol–water partition coefficient (Wildman–Crippen LogP) is 1.15. The molecule has 2 aromatic rings. The minimum atomic E-state index is -0.545. The van der Waals surface area contributed by atoms with Crippen LogP contribution in [0.3, 0.4) is 0 Å². The van der Waals surface area contributed by atoms with E-state index in [4.69, 9.17) is 4.52 Å². The van der Waals surface area contributed by atoms with Gasteiger partial charge in [0.1, 0.15) is 0 Å². The topological polar surface area (TPSA) is 91.6 Å². The normalized spacial score (nSPS) is 13.8. The molecule has 1 fully saturated rings. The van der Waals surface area contributed by atoms with Crippen LogP contribution in [-0.2, 0) is 4.79 Å². The summed E-state index contributed by atoms with van der Waals surface area (Å²) >= 11 is 0. The summed E-state index contributed by atoms with van der Waals surface area (Å²) in [4.78, 5) is 31.8. The van der Waals surface area contributed by atoms with Gasteiger partial charge in [0.25, 0.3) is 0 Å². The van der Waals surface area contributed by atoms with Crippen LogP contribution in [0.5, 0.6) is 0 Å². The Morgan fingerprint density at radius 3 is 2.52 bits per heavy atom. The third-order valence-corrected chi connectivity index (χ3v) is 4.12. The SMILES string of the molecule is CN(C)c1ccc(-c2noc(C(=O)NCC(=O)N3CCCC3)n2)cc1. The molecule has 1 N–H and O–H groups in total. The number of nitrogens with one attached hydrogen (secondary N) is 1. The molecule has 1 aromatic heterocycles. The molecule has 0 aliphatic carbocycles. The van der Waals surface area contributed by atoms with E-state index in [-0.39, 0.29) is 18.3 Å². The van der Waals surface area contributed by atoms with Crippen molar-refractivity contribution in [3.63, 3.8) is 0 Å². The average molecular weight is 343 g/mol. The standard InChI is InChI=1S/C17H21N5O3/c1-21(2)13-7-5-12(6-8-13)15-19-17(25-20-15)16(24)18-11-14(23)22-9-3-4-10-22/h5-8H,3-4,9-11H2,1-2H3,(H,18,24). The molecule has 0 spiro atoms. The molecule has 0 unspecified atom stereocenters. The van der Waals surface area contributed by atoms with Gasteiger partial charge in [-0.25, -0.2) is 0 Å². The van der Waals surface area contributed by atoms with E-state index >= 15 is 0 Å². The Hall–Kier alpha value is -2.90. The zero-order valence-corrected chi connectivity index (χ0v) is 14.4. The van der Waals surface area contributed by atoms with E-state index in [2.05, 4.69) is 15.5 Å². The maximum Gasteiger partial charge on any atom is 0.316 e. The molecule has 132 valence electrons. The Kier molecular flexibility index (Phi) is 4.97. The lowest BCUT2D eigenvalue weighted by Crippen LogP contribution is -2.38. The lowest BCUT2D eigenvalue weighted by molar-refractivity contribution is -0.129. The van der Waals surface area contributed by atoms with Crippen LogP contribution in [0.4, 0.5) is 5.69 Å². The quantitative estimate of drug-likeness (QED) is 0.876. The summed E-state index contributed by atoms with van der Waals surface area (Å²) in [7, 11) is 3.91. The second kappa shape index (κ2) is 7.33. The predicted molar refractivity (Wildman–Crippen MR) is 92.2 cm³/mol. The maximum absolute atomic E-state index is 12.1. The highest BCUT2D eigenvalue weighted by atomic mass is 16.5. The van der Waals surface area contributed by atoms with Crippen LogP contribution in [0.15, 0.2) is 28.8 Å². The van der Waals surface area contributed by atoms with Crippen LogP contribution in [0.2, 0.25) is 0 Å². The summed E-state index contributed by atoms with van der Waals surface area (Å²) in [5, 5.41) is 6.36. The van der Waals surface area contributed by atoms with Gasteiger partial charge in [-0.1, -0.05) is 5.16 Å². The van der Waals surface area contributed by atoms with Crippen LogP contribution in [-0.4, -0.2) is 60.6 Å². The zero-order chi connectivity index (χ0) is 17.8. The molecular formula is C17H21N5O3. The van der Waals surface area contributed by atoms with Crippen molar-refractivity contribution in [1.82, 2.24) is 20.4 Å². The first-order valence-corrected chi connectivity index (χ1v) is 8.22. The second-order valence-corrected chi connectivity index (χ2v) is 6.14. The largest absolute Gasteiger partial charge is 0.378 e. The van der Waals surface area contributed by atoms with E-state index in [1.165, 1.54) is 0 Å². The number of anilines is 1. The third-order valence-electron chi connectivity index (χ3n) is 4.12. The molecule has 1 saturated heterocycles. The lowest BCUT2D eigenvalue weighted by atomic mass is 10.2. The molecule has 1 aromatic carbocycles. The molecule has 1 aliphatic rings. The van der Waals surface area contributed by atoms with Crippen LogP contribution in [0.1, 0.15) is 23.5 Å². The van der Waals surface area contributed by atoms with Crippen molar-refractivity contribution in [2.75, 3.05) is 38.6 Å². The Labute approximate surface area is 145 Å². The fraction of sp³-hybridized carbons (Fsp3) is 0.412. The maximum atomic E-state index is 12.1. The Morgan fingerprint density at radius 1 is 1.20 bits per heavy atom. The van der Waals surface area contributed by atoms with Gasteiger partial charge in [-0.05, 0) is 37.1 Å². The van der Waals surface area contributed by atoms with Gasteiger partial charge in [0.15, 0.2) is 0 Å². The first-order chi connectivity index (χ1) is 12.0. The number of nitrogens with zero attached hydrogens (tertiary/aromatic N) is 4. The van der Waals surface area contributed by atoms with Crippen LogP contribution < -0.4 is 10.2 Å². The van der Waals surface area contributed by atoms with Crippen LogP contribution in [0, 0.1) is 0 Å². The number of amides is 2. The molecule has 25 heavy (non-hydrogen) atoms. The summed E-state index contributed by atoms with van der Waals surface area (Å²) in [6.07, 6.45) is 2.03. The molecule has 8 heteroatoms. The summed E-state index contributed by atoms with van der Waals surface area (Å²) < 4.78 is 5.01. The van der Waals surface area contributed by atoms with Crippen molar-refractivity contribution in [2.24, 2.45) is 0 Å². The lowest BCUT2D eigenvalue weighted by Gasteiger charge is -2.14. The highest BCUT2D eigenvalue weighted by molar-refractivity contribution is 5.93. The summed E-state index contributed by atoms with van der Waals surface area (Å²) in [6.45, 7) is 1.44. The minimum Gasteiger partial charge on any atom is -0.378 e. The van der Waals surface area contributed by atoms with E-state index in [9.17, 15) is 9.59 Å². The zero-order valence-electron chi connectivity index (χ0n) is 14.4. The van der Waals surface area contributed by atoms with Gasteiger partial charge in [-0.3, -0.25) is 9.59 Å². The monoisotopic (exact) mass is 343 g/mol. The van der Waals surface area contributed by atoms with Gasteiger partial charge in [-0.2, -0.15) is 4.98 Å². The van der Waals surface area contributed by atoms with Gasteiger partial charge < -0.3 is 19.6 Å². The van der Waals surface area contributed by atoms with Crippen LogP contribution in [0.25, 0.3) is 11.4 Å². The van der Waals surface area contributed by atoms with Crippen molar-refractivity contribution in [2.45, 2.75) is 12.8 Å². The molecule has 1 aliphatic heterocycles. The van der Waals surface area contributed by atoms with Gasteiger partial charge in [0.2, 0.25) is 11.7 Å². The second-order valence-electron chi connectivity index (χ2n) is 6.14. The summed E-state index contributed by atoms with van der Waals surface area (Å²) in [6, 6.07) is 7.58. The Balaban J connectivity index is 1.60. The highest BCUT2D eigenvalue weighted by Crippen LogP contribution is 2.19. The van der Waals surface area contributed by atoms with Crippen molar-refractivity contribution >= 4 is 17.5 Å². The van der Waals surface area contributed by atoms with Gasteiger partial charge in [0.05, 0.1) is 6.54 Å².